The van der Waals surface area contributed by atoms with Crippen molar-refractivity contribution in [1.29, 1.82) is 5.26 Å². The summed E-state index contributed by atoms with van der Waals surface area (Å²) in [5.74, 6) is -0.660. The molecule has 0 aliphatic carbocycles. The van der Waals surface area contributed by atoms with Crippen molar-refractivity contribution in [2.45, 2.75) is 19.8 Å². The SMILES string of the molecule is CCOC(=O)Cc1cc(C#N)c(Cl)nc1C(F)F. The van der Waals surface area contributed by atoms with Crippen LogP contribution in [0.4, 0.5) is 8.78 Å². The highest BCUT2D eigenvalue weighted by atomic mass is 35.5. The Bertz CT molecular complexity index is 501. The van der Waals surface area contributed by atoms with E-state index >= 15 is 0 Å². The van der Waals surface area contributed by atoms with Gasteiger partial charge in [0.15, 0.2) is 0 Å². The number of carbonyl (C=O) groups is 1. The maximum absolute atomic E-state index is 12.7. The van der Waals surface area contributed by atoms with Crippen molar-refractivity contribution < 1.29 is 18.3 Å². The van der Waals surface area contributed by atoms with Crippen LogP contribution < -0.4 is 0 Å². The van der Waals surface area contributed by atoms with Gasteiger partial charge in [0, 0.05) is 0 Å². The normalized spacial score (nSPS) is 10.2. The van der Waals surface area contributed by atoms with Crippen molar-refractivity contribution in [3.63, 3.8) is 0 Å². The number of carbonyl (C=O) groups excluding carboxylic acids is 1. The summed E-state index contributed by atoms with van der Waals surface area (Å²) in [6, 6.07) is 2.85. The first-order valence-electron chi connectivity index (χ1n) is 5.02. The van der Waals surface area contributed by atoms with E-state index in [4.69, 9.17) is 16.9 Å². The number of esters is 1. The third-order valence-corrected chi connectivity index (χ3v) is 2.34. The van der Waals surface area contributed by atoms with E-state index < -0.39 is 18.1 Å². The van der Waals surface area contributed by atoms with Crippen LogP contribution in [0.25, 0.3) is 0 Å². The standard InChI is InChI=1S/C11H9ClF2N2O2/c1-2-18-8(17)4-6-3-7(5-15)10(12)16-9(6)11(13)14/h3,11H,2,4H2,1H3. The predicted molar refractivity (Wildman–Crippen MR) is 59.3 cm³/mol. The Hall–Kier alpha value is -1.74. The van der Waals surface area contributed by atoms with Gasteiger partial charge in [-0.05, 0) is 18.6 Å². The molecule has 0 bridgehead atoms. The number of alkyl halides is 2. The molecule has 1 aromatic rings. The summed E-state index contributed by atoms with van der Waals surface area (Å²) in [5.41, 5.74) is -0.711. The first-order valence-corrected chi connectivity index (χ1v) is 5.40. The molecule has 1 rings (SSSR count). The first kappa shape index (κ1) is 14.3. The van der Waals surface area contributed by atoms with Gasteiger partial charge in [0.25, 0.3) is 6.43 Å². The van der Waals surface area contributed by atoms with Crippen LogP contribution >= 0.6 is 11.6 Å². The molecule has 0 atom stereocenters. The van der Waals surface area contributed by atoms with Gasteiger partial charge < -0.3 is 4.74 Å². The summed E-state index contributed by atoms with van der Waals surface area (Å²) in [6.45, 7) is 1.75. The summed E-state index contributed by atoms with van der Waals surface area (Å²) >= 11 is 5.56. The maximum atomic E-state index is 12.7. The van der Waals surface area contributed by atoms with Crippen molar-refractivity contribution in [3.05, 3.63) is 28.0 Å². The number of hydrogen-bond acceptors (Lipinski definition) is 4. The van der Waals surface area contributed by atoms with E-state index in [2.05, 4.69) is 9.72 Å². The van der Waals surface area contributed by atoms with Crippen LogP contribution in [0, 0.1) is 11.3 Å². The second-order valence-electron chi connectivity index (χ2n) is 3.27. The number of hydrogen-bond donors (Lipinski definition) is 0. The van der Waals surface area contributed by atoms with Gasteiger partial charge in [-0.1, -0.05) is 11.6 Å². The van der Waals surface area contributed by atoms with Gasteiger partial charge in [0.1, 0.15) is 16.9 Å². The average molecular weight is 275 g/mol. The van der Waals surface area contributed by atoms with Crippen molar-refractivity contribution >= 4 is 17.6 Å². The number of halogens is 3. The van der Waals surface area contributed by atoms with Crippen LogP contribution in [0.5, 0.6) is 0 Å². The summed E-state index contributed by atoms with van der Waals surface area (Å²) in [5, 5.41) is 8.43. The molecule has 1 heterocycles. The van der Waals surface area contributed by atoms with E-state index in [0.29, 0.717) is 0 Å². The molecular formula is C11H9ClF2N2O2. The van der Waals surface area contributed by atoms with Crippen LogP contribution in [0.2, 0.25) is 5.15 Å². The van der Waals surface area contributed by atoms with E-state index in [-0.39, 0.29) is 29.3 Å². The smallest absolute Gasteiger partial charge is 0.310 e. The van der Waals surface area contributed by atoms with Crippen LogP contribution in [0.15, 0.2) is 6.07 Å². The highest BCUT2D eigenvalue weighted by Gasteiger charge is 2.20. The van der Waals surface area contributed by atoms with Crippen molar-refractivity contribution in [2.24, 2.45) is 0 Å². The van der Waals surface area contributed by atoms with Gasteiger partial charge in [-0.3, -0.25) is 4.79 Å². The van der Waals surface area contributed by atoms with Gasteiger partial charge in [0.05, 0.1) is 18.6 Å². The Labute approximate surface area is 107 Å². The molecule has 18 heavy (non-hydrogen) atoms. The Balaban J connectivity index is 3.15. The molecule has 96 valence electrons. The lowest BCUT2D eigenvalue weighted by Gasteiger charge is -2.09. The second kappa shape index (κ2) is 6.26. The van der Waals surface area contributed by atoms with Gasteiger partial charge in [-0.2, -0.15) is 5.26 Å². The zero-order chi connectivity index (χ0) is 13.7. The fourth-order valence-electron chi connectivity index (χ4n) is 1.32. The molecule has 4 nitrogen and oxygen atoms in total. The van der Waals surface area contributed by atoms with Gasteiger partial charge in [-0.25, -0.2) is 13.8 Å². The van der Waals surface area contributed by atoms with E-state index in [1.165, 1.54) is 0 Å². The minimum Gasteiger partial charge on any atom is -0.466 e. The molecular weight excluding hydrogens is 266 g/mol. The molecule has 0 saturated heterocycles. The Morgan fingerprint density at radius 2 is 2.33 bits per heavy atom. The number of nitrogens with zero attached hydrogens (tertiary/aromatic N) is 2. The molecule has 0 N–H and O–H groups in total. The first-order chi connectivity index (χ1) is 8.49. The molecule has 0 aliphatic heterocycles. The molecule has 0 saturated carbocycles. The minimum atomic E-state index is -2.88. The van der Waals surface area contributed by atoms with E-state index in [1.807, 2.05) is 0 Å². The molecule has 0 spiro atoms. The van der Waals surface area contributed by atoms with E-state index in [1.54, 1.807) is 13.0 Å². The zero-order valence-corrected chi connectivity index (χ0v) is 10.2. The molecule has 0 unspecified atom stereocenters. The quantitative estimate of drug-likeness (QED) is 0.625. The van der Waals surface area contributed by atoms with Crippen LogP contribution in [0.3, 0.4) is 0 Å². The largest absolute Gasteiger partial charge is 0.466 e. The van der Waals surface area contributed by atoms with E-state index in [0.717, 1.165) is 6.07 Å². The third kappa shape index (κ3) is 3.37. The highest BCUT2D eigenvalue weighted by molar-refractivity contribution is 6.30. The highest BCUT2D eigenvalue weighted by Crippen LogP contribution is 2.25. The fourth-order valence-corrected chi connectivity index (χ4v) is 1.51. The minimum absolute atomic E-state index is 0.0515. The molecule has 7 heteroatoms. The lowest BCUT2D eigenvalue weighted by Crippen LogP contribution is -2.11. The number of nitriles is 1. The molecule has 0 aromatic carbocycles. The summed E-state index contributed by atoms with van der Waals surface area (Å²) in [4.78, 5) is 14.7. The zero-order valence-electron chi connectivity index (χ0n) is 9.41. The second-order valence-corrected chi connectivity index (χ2v) is 3.62. The molecule has 0 fully saturated rings. The lowest BCUT2D eigenvalue weighted by atomic mass is 10.1. The predicted octanol–water partition coefficient (Wildman–Crippen LogP) is 2.65. The summed E-state index contributed by atoms with van der Waals surface area (Å²) in [7, 11) is 0. The molecule has 0 amide bonds. The average Bonchev–Trinajstić information content (AvgIpc) is 2.30. The molecule has 1 aromatic heterocycles. The Kier molecular flexibility index (Phi) is 4.98. The number of pyridine rings is 1. The fraction of sp³-hybridized carbons (Fsp3) is 0.364. The van der Waals surface area contributed by atoms with Crippen molar-refractivity contribution in [3.8, 4) is 6.07 Å². The molecule has 0 aliphatic rings. The van der Waals surface area contributed by atoms with Crippen molar-refractivity contribution in [2.75, 3.05) is 6.61 Å². The number of ether oxygens (including phenoxy) is 1. The number of rotatable bonds is 4. The Morgan fingerprint density at radius 3 is 2.83 bits per heavy atom. The van der Waals surface area contributed by atoms with Gasteiger partial charge in [0.2, 0.25) is 0 Å². The maximum Gasteiger partial charge on any atom is 0.310 e. The van der Waals surface area contributed by atoms with Gasteiger partial charge >= 0.3 is 5.97 Å². The summed E-state index contributed by atoms with van der Waals surface area (Å²) < 4.78 is 30.1. The monoisotopic (exact) mass is 274 g/mol. The van der Waals surface area contributed by atoms with Crippen LogP contribution in [-0.4, -0.2) is 17.6 Å². The number of aromatic nitrogens is 1. The third-order valence-electron chi connectivity index (χ3n) is 2.06. The Morgan fingerprint density at radius 1 is 1.67 bits per heavy atom. The van der Waals surface area contributed by atoms with E-state index in [9.17, 15) is 13.6 Å². The summed E-state index contributed by atoms with van der Waals surface area (Å²) in [6.07, 6.45) is -3.24. The molecule has 0 radical (unpaired) electrons. The van der Waals surface area contributed by atoms with Crippen molar-refractivity contribution in [1.82, 2.24) is 4.98 Å². The van der Waals surface area contributed by atoms with Gasteiger partial charge in [-0.15, -0.1) is 0 Å². The van der Waals surface area contributed by atoms with Crippen LogP contribution in [-0.2, 0) is 16.0 Å². The topological polar surface area (TPSA) is 63.0 Å². The van der Waals surface area contributed by atoms with Crippen LogP contribution in [0.1, 0.15) is 30.2 Å². The lowest BCUT2D eigenvalue weighted by molar-refractivity contribution is -0.142.